The van der Waals surface area contributed by atoms with Gasteiger partial charge in [0.1, 0.15) is 5.82 Å². The lowest BCUT2D eigenvalue weighted by Gasteiger charge is -2.11. The smallest absolute Gasteiger partial charge is 0.253 e. The first kappa shape index (κ1) is 14.5. The van der Waals surface area contributed by atoms with E-state index in [1.807, 2.05) is 30.6 Å². The molecule has 5 rings (SSSR count). The number of hydrogen-bond acceptors (Lipinski definition) is 3. The molecule has 0 saturated heterocycles. The number of hydrogen-bond donors (Lipinski definition) is 2. The highest BCUT2D eigenvalue weighted by Gasteiger charge is 2.49. The lowest BCUT2D eigenvalue weighted by molar-refractivity contribution is 0.0828. The fourth-order valence-corrected chi connectivity index (χ4v) is 3.85. The molecule has 126 valence electrons. The van der Waals surface area contributed by atoms with Gasteiger partial charge in [0.25, 0.3) is 5.91 Å². The zero-order chi connectivity index (χ0) is 17.2. The molecule has 1 amide bonds. The molecule has 0 bridgehead atoms. The standard InChI is InChI=1S/C20H20N4O/c1-24(2)19(25)12-3-4-17-14(7-12)15(10-21-17)13-8-16-18(22-9-13)23-11-20(16)5-6-20/h3-4,7-10,21H,5-6,11H2,1-2H3,(H,22,23). The van der Waals surface area contributed by atoms with Crippen LogP contribution in [0, 0.1) is 0 Å². The molecule has 25 heavy (non-hydrogen) atoms. The summed E-state index contributed by atoms with van der Waals surface area (Å²) in [6.45, 7) is 1.01. The summed E-state index contributed by atoms with van der Waals surface area (Å²) in [4.78, 5) is 21.9. The van der Waals surface area contributed by atoms with E-state index >= 15 is 0 Å². The van der Waals surface area contributed by atoms with Gasteiger partial charge in [-0.1, -0.05) is 0 Å². The van der Waals surface area contributed by atoms with E-state index < -0.39 is 0 Å². The summed E-state index contributed by atoms with van der Waals surface area (Å²) >= 11 is 0. The SMILES string of the molecule is CN(C)C(=O)c1ccc2[nH]cc(-c3cnc4c(c3)C3(CC3)CN4)c2c1. The van der Waals surface area contributed by atoms with E-state index in [-0.39, 0.29) is 5.91 Å². The van der Waals surface area contributed by atoms with Gasteiger partial charge in [0, 0.05) is 71.6 Å². The number of nitrogens with one attached hydrogen (secondary N) is 2. The summed E-state index contributed by atoms with van der Waals surface area (Å²) in [5, 5.41) is 4.49. The number of carbonyl (C=O) groups excluding carboxylic acids is 1. The minimum atomic E-state index is 0.0160. The maximum Gasteiger partial charge on any atom is 0.253 e. The molecular formula is C20H20N4O. The number of benzene rings is 1. The van der Waals surface area contributed by atoms with Crippen molar-refractivity contribution in [1.29, 1.82) is 0 Å². The zero-order valence-corrected chi connectivity index (χ0v) is 14.4. The first-order chi connectivity index (χ1) is 12.1. The third kappa shape index (κ3) is 2.08. The number of nitrogens with zero attached hydrogens (tertiary/aromatic N) is 2. The van der Waals surface area contributed by atoms with Gasteiger partial charge in [-0.25, -0.2) is 4.98 Å². The first-order valence-corrected chi connectivity index (χ1v) is 8.65. The van der Waals surface area contributed by atoms with E-state index in [1.165, 1.54) is 18.4 Å². The number of H-pyrrole nitrogens is 1. The number of aromatic nitrogens is 2. The fraction of sp³-hybridized carbons (Fsp3) is 0.300. The Balaban J connectivity index is 1.64. The van der Waals surface area contributed by atoms with Crippen molar-refractivity contribution in [2.45, 2.75) is 18.3 Å². The monoisotopic (exact) mass is 332 g/mol. The number of fused-ring (bicyclic) bond motifs is 3. The number of rotatable bonds is 2. The van der Waals surface area contributed by atoms with Crippen molar-refractivity contribution in [1.82, 2.24) is 14.9 Å². The van der Waals surface area contributed by atoms with Crippen LogP contribution in [0.25, 0.3) is 22.0 Å². The summed E-state index contributed by atoms with van der Waals surface area (Å²) in [6, 6.07) is 8.09. The molecule has 5 nitrogen and oxygen atoms in total. The Bertz CT molecular complexity index is 1010. The average Bonchev–Trinajstić information content (AvgIpc) is 3.15. The minimum absolute atomic E-state index is 0.0160. The Morgan fingerprint density at radius 2 is 2.08 bits per heavy atom. The van der Waals surface area contributed by atoms with Gasteiger partial charge in [-0.05, 0) is 37.1 Å². The van der Waals surface area contributed by atoms with Crippen molar-refractivity contribution in [2.75, 3.05) is 26.0 Å². The molecule has 1 spiro atoms. The second-order valence-electron chi connectivity index (χ2n) is 7.42. The van der Waals surface area contributed by atoms with Crippen LogP contribution in [0.15, 0.2) is 36.7 Å². The Morgan fingerprint density at radius 3 is 2.84 bits per heavy atom. The normalized spacial score (nSPS) is 16.7. The molecule has 3 aromatic rings. The van der Waals surface area contributed by atoms with Gasteiger partial charge in [-0.15, -0.1) is 0 Å². The summed E-state index contributed by atoms with van der Waals surface area (Å²) in [7, 11) is 3.55. The molecule has 1 aromatic carbocycles. The van der Waals surface area contributed by atoms with Crippen LogP contribution in [-0.2, 0) is 5.41 Å². The van der Waals surface area contributed by atoms with E-state index in [1.54, 1.807) is 19.0 Å². The van der Waals surface area contributed by atoms with Crippen molar-refractivity contribution in [3.63, 3.8) is 0 Å². The predicted octanol–water partition coefficient (Wildman–Crippen LogP) is 3.39. The number of anilines is 1. The van der Waals surface area contributed by atoms with E-state index in [9.17, 15) is 4.79 Å². The Labute approximate surface area is 146 Å². The molecule has 1 aliphatic heterocycles. The number of aromatic amines is 1. The lowest BCUT2D eigenvalue weighted by atomic mass is 9.96. The molecular weight excluding hydrogens is 312 g/mol. The number of carbonyl (C=O) groups is 1. The summed E-state index contributed by atoms with van der Waals surface area (Å²) in [6.07, 6.45) is 6.43. The van der Waals surface area contributed by atoms with Crippen LogP contribution in [0.4, 0.5) is 5.82 Å². The topological polar surface area (TPSA) is 61.0 Å². The van der Waals surface area contributed by atoms with E-state index in [0.717, 1.165) is 34.4 Å². The first-order valence-electron chi connectivity index (χ1n) is 8.65. The highest BCUT2D eigenvalue weighted by atomic mass is 16.2. The predicted molar refractivity (Wildman–Crippen MR) is 98.9 cm³/mol. The summed E-state index contributed by atoms with van der Waals surface area (Å²) in [5.74, 6) is 1.05. The molecule has 3 heterocycles. The van der Waals surface area contributed by atoms with Crippen molar-refractivity contribution < 1.29 is 4.79 Å². The van der Waals surface area contributed by atoms with E-state index in [4.69, 9.17) is 0 Å². The fourth-order valence-electron chi connectivity index (χ4n) is 3.85. The Hall–Kier alpha value is -2.82. The maximum atomic E-state index is 12.3. The molecule has 0 atom stereocenters. The van der Waals surface area contributed by atoms with Gasteiger partial charge in [0.15, 0.2) is 0 Å². The number of amides is 1. The van der Waals surface area contributed by atoms with Crippen molar-refractivity contribution >= 4 is 22.6 Å². The molecule has 2 aromatic heterocycles. The van der Waals surface area contributed by atoms with E-state index in [2.05, 4.69) is 21.4 Å². The summed E-state index contributed by atoms with van der Waals surface area (Å²) in [5.41, 5.74) is 5.60. The zero-order valence-electron chi connectivity index (χ0n) is 14.4. The van der Waals surface area contributed by atoms with Crippen LogP contribution in [0.5, 0.6) is 0 Å². The lowest BCUT2D eigenvalue weighted by Crippen LogP contribution is -2.21. The highest BCUT2D eigenvalue weighted by Crippen LogP contribution is 2.54. The molecule has 5 heteroatoms. The largest absolute Gasteiger partial charge is 0.369 e. The Morgan fingerprint density at radius 1 is 1.24 bits per heavy atom. The molecule has 0 unspecified atom stereocenters. The molecule has 2 N–H and O–H groups in total. The minimum Gasteiger partial charge on any atom is -0.369 e. The molecule has 1 fully saturated rings. The van der Waals surface area contributed by atoms with Gasteiger partial charge in [0.05, 0.1) is 0 Å². The maximum absolute atomic E-state index is 12.3. The molecule has 1 aliphatic carbocycles. The van der Waals surface area contributed by atoms with Crippen LogP contribution in [0.2, 0.25) is 0 Å². The summed E-state index contributed by atoms with van der Waals surface area (Å²) < 4.78 is 0. The van der Waals surface area contributed by atoms with Crippen molar-refractivity contribution in [2.24, 2.45) is 0 Å². The van der Waals surface area contributed by atoms with E-state index in [0.29, 0.717) is 11.0 Å². The third-order valence-corrected chi connectivity index (χ3v) is 5.55. The van der Waals surface area contributed by atoms with Crippen LogP contribution >= 0.6 is 0 Å². The third-order valence-electron chi connectivity index (χ3n) is 5.55. The van der Waals surface area contributed by atoms with Crippen molar-refractivity contribution in [3.05, 3.63) is 47.8 Å². The van der Waals surface area contributed by atoms with Crippen LogP contribution in [0.1, 0.15) is 28.8 Å². The molecule has 1 saturated carbocycles. The van der Waals surface area contributed by atoms with Crippen LogP contribution in [0.3, 0.4) is 0 Å². The van der Waals surface area contributed by atoms with Gasteiger partial charge in [0.2, 0.25) is 0 Å². The second-order valence-corrected chi connectivity index (χ2v) is 7.42. The van der Waals surface area contributed by atoms with Crippen LogP contribution in [-0.4, -0.2) is 41.4 Å². The van der Waals surface area contributed by atoms with Crippen molar-refractivity contribution in [3.8, 4) is 11.1 Å². The van der Waals surface area contributed by atoms with Gasteiger partial charge < -0.3 is 15.2 Å². The van der Waals surface area contributed by atoms with Crippen LogP contribution < -0.4 is 5.32 Å². The second kappa shape index (κ2) is 4.85. The highest BCUT2D eigenvalue weighted by molar-refractivity contribution is 6.02. The van der Waals surface area contributed by atoms with Gasteiger partial charge >= 0.3 is 0 Å². The Kier molecular flexibility index (Phi) is 2.82. The quantitative estimate of drug-likeness (QED) is 0.756. The molecule has 0 radical (unpaired) electrons. The van der Waals surface area contributed by atoms with Gasteiger partial charge in [-0.3, -0.25) is 4.79 Å². The van der Waals surface area contributed by atoms with Gasteiger partial charge in [-0.2, -0.15) is 0 Å². The molecule has 2 aliphatic rings. The number of pyridine rings is 1. The average molecular weight is 332 g/mol.